The van der Waals surface area contributed by atoms with Crippen molar-refractivity contribution in [2.45, 2.75) is 18.7 Å². The number of carbonyl (C=O) groups is 1. The van der Waals surface area contributed by atoms with Crippen molar-refractivity contribution in [1.29, 1.82) is 0 Å². The van der Waals surface area contributed by atoms with Gasteiger partial charge in [-0.05, 0) is 49.2 Å². The van der Waals surface area contributed by atoms with Gasteiger partial charge < -0.3 is 14.4 Å². The molecule has 0 saturated carbocycles. The lowest BCUT2D eigenvalue weighted by Crippen LogP contribution is -2.50. The second-order valence-corrected chi connectivity index (χ2v) is 9.24. The Kier molecular flexibility index (Phi) is 7.12. The van der Waals surface area contributed by atoms with Gasteiger partial charge in [0.1, 0.15) is 12.4 Å². The van der Waals surface area contributed by atoms with E-state index in [0.29, 0.717) is 42.5 Å². The van der Waals surface area contributed by atoms with E-state index in [1.54, 1.807) is 49.3 Å². The molecule has 0 N–H and O–H groups in total. The number of sulfonamides is 1. The summed E-state index contributed by atoms with van der Waals surface area (Å²) >= 11 is 0. The number of carbonyl (C=O) groups excluding carboxylic acids is 1. The van der Waals surface area contributed by atoms with Crippen LogP contribution in [0.4, 0.5) is 0 Å². The zero-order chi connectivity index (χ0) is 21.7. The topological polar surface area (TPSA) is 76.2 Å². The summed E-state index contributed by atoms with van der Waals surface area (Å²) < 4.78 is 38.1. The fourth-order valence-corrected chi connectivity index (χ4v) is 5.13. The Hall–Kier alpha value is -2.42. The summed E-state index contributed by atoms with van der Waals surface area (Å²) in [6.07, 6.45) is 0. The number of rotatable bonds is 7. The lowest BCUT2D eigenvalue weighted by Gasteiger charge is -2.34. The summed E-state index contributed by atoms with van der Waals surface area (Å²) in [5.41, 5.74) is 2.15. The molecule has 1 aliphatic heterocycles. The molecule has 162 valence electrons. The van der Waals surface area contributed by atoms with Crippen molar-refractivity contribution in [2.75, 3.05) is 46.5 Å². The first kappa shape index (κ1) is 22.3. The Morgan fingerprint density at radius 3 is 2.43 bits per heavy atom. The highest BCUT2D eigenvalue weighted by atomic mass is 32.2. The van der Waals surface area contributed by atoms with E-state index in [9.17, 15) is 13.2 Å². The van der Waals surface area contributed by atoms with Crippen molar-refractivity contribution in [2.24, 2.45) is 0 Å². The monoisotopic (exact) mass is 432 g/mol. The number of amides is 1. The first-order valence-corrected chi connectivity index (χ1v) is 11.4. The van der Waals surface area contributed by atoms with Crippen LogP contribution in [0.5, 0.6) is 5.75 Å². The van der Waals surface area contributed by atoms with Crippen LogP contribution in [0.3, 0.4) is 0 Å². The maximum atomic E-state index is 13.1. The molecular formula is C22H28N2O5S. The number of nitrogens with zero attached hydrogens (tertiary/aromatic N) is 2. The summed E-state index contributed by atoms with van der Waals surface area (Å²) in [5.74, 6) is 0.477. The molecule has 2 aromatic rings. The molecule has 30 heavy (non-hydrogen) atoms. The first-order valence-electron chi connectivity index (χ1n) is 9.91. The largest absolute Gasteiger partial charge is 0.491 e. The Morgan fingerprint density at radius 1 is 1.00 bits per heavy atom. The molecule has 0 aliphatic carbocycles. The molecule has 1 fully saturated rings. The molecule has 1 amide bonds. The summed E-state index contributed by atoms with van der Waals surface area (Å²) in [4.78, 5) is 14.9. The van der Waals surface area contributed by atoms with Gasteiger partial charge in [0.2, 0.25) is 10.0 Å². The average molecular weight is 433 g/mol. The van der Waals surface area contributed by atoms with Gasteiger partial charge in [0, 0.05) is 38.9 Å². The molecule has 0 atom stereocenters. The number of aryl methyl sites for hydroxylation is 2. The third-order valence-corrected chi connectivity index (χ3v) is 7.17. The smallest absolute Gasteiger partial charge is 0.254 e. The third kappa shape index (κ3) is 5.00. The molecule has 8 heteroatoms. The number of methoxy groups -OCH3 is 1. The molecular weight excluding hydrogens is 404 g/mol. The van der Waals surface area contributed by atoms with Gasteiger partial charge in [-0.1, -0.05) is 18.2 Å². The van der Waals surface area contributed by atoms with Gasteiger partial charge in [0.15, 0.2) is 0 Å². The van der Waals surface area contributed by atoms with Crippen molar-refractivity contribution >= 4 is 15.9 Å². The molecule has 3 rings (SSSR count). The van der Waals surface area contributed by atoms with E-state index in [0.717, 1.165) is 11.1 Å². The summed E-state index contributed by atoms with van der Waals surface area (Å²) in [5, 5.41) is 0. The summed E-state index contributed by atoms with van der Waals surface area (Å²) in [6.45, 7) is 5.78. The SMILES string of the molecule is COCCOc1cccc(C(=O)N2CCN(S(=O)(=O)c3cc(C)ccc3C)CC2)c1. The van der Waals surface area contributed by atoms with Crippen molar-refractivity contribution in [3.63, 3.8) is 0 Å². The average Bonchev–Trinajstić information content (AvgIpc) is 2.75. The molecule has 1 aliphatic rings. The Balaban J connectivity index is 1.66. The maximum absolute atomic E-state index is 13.1. The highest BCUT2D eigenvalue weighted by Crippen LogP contribution is 2.23. The van der Waals surface area contributed by atoms with Gasteiger partial charge in [-0.3, -0.25) is 4.79 Å². The molecule has 0 radical (unpaired) electrons. The molecule has 7 nitrogen and oxygen atoms in total. The third-order valence-electron chi connectivity index (χ3n) is 5.12. The van der Waals surface area contributed by atoms with Gasteiger partial charge in [-0.2, -0.15) is 4.31 Å². The minimum absolute atomic E-state index is 0.129. The molecule has 0 aromatic heterocycles. The molecule has 0 spiro atoms. The predicted molar refractivity (Wildman–Crippen MR) is 114 cm³/mol. The molecule has 2 aromatic carbocycles. The number of hydrogen-bond acceptors (Lipinski definition) is 5. The number of piperazine rings is 1. The van der Waals surface area contributed by atoms with Crippen LogP contribution in [-0.2, 0) is 14.8 Å². The van der Waals surface area contributed by atoms with Crippen LogP contribution in [0.15, 0.2) is 47.4 Å². The van der Waals surface area contributed by atoms with Crippen LogP contribution in [0, 0.1) is 13.8 Å². The van der Waals surface area contributed by atoms with Gasteiger partial charge >= 0.3 is 0 Å². The fraction of sp³-hybridized carbons (Fsp3) is 0.409. The van der Waals surface area contributed by atoms with E-state index in [4.69, 9.17) is 9.47 Å². The van der Waals surface area contributed by atoms with Gasteiger partial charge in [0.25, 0.3) is 5.91 Å². The number of hydrogen-bond donors (Lipinski definition) is 0. The van der Waals surface area contributed by atoms with E-state index >= 15 is 0 Å². The van der Waals surface area contributed by atoms with Gasteiger partial charge in [0.05, 0.1) is 11.5 Å². The quantitative estimate of drug-likeness (QED) is 0.629. The van der Waals surface area contributed by atoms with Crippen LogP contribution >= 0.6 is 0 Å². The summed E-state index contributed by atoms with van der Waals surface area (Å²) in [7, 11) is -1.98. The minimum Gasteiger partial charge on any atom is -0.491 e. The fourth-order valence-electron chi connectivity index (χ4n) is 3.40. The lowest BCUT2D eigenvalue weighted by molar-refractivity contribution is 0.0697. The maximum Gasteiger partial charge on any atom is 0.254 e. The number of ether oxygens (including phenoxy) is 2. The minimum atomic E-state index is -3.59. The van der Waals surface area contributed by atoms with E-state index in [1.165, 1.54) is 4.31 Å². The lowest BCUT2D eigenvalue weighted by atomic mass is 10.1. The van der Waals surface area contributed by atoms with Gasteiger partial charge in [-0.15, -0.1) is 0 Å². The highest BCUT2D eigenvalue weighted by Gasteiger charge is 2.31. The first-order chi connectivity index (χ1) is 14.3. The Labute approximate surface area is 178 Å². The highest BCUT2D eigenvalue weighted by molar-refractivity contribution is 7.89. The van der Waals surface area contributed by atoms with Crippen molar-refractivity contribution in [3.05, 3.63) is 59.2 Å². The number of benzene rings is 2. The molecule has 0 unspecified atom stereocenters. The van der Waals surface area contributed by atoms with E-state index in [2.05, 4.69) is 0 Å². The van der Waals surface area contributed by atoms with Crippen molar-refractivity contribution in [1.82, 2.24) is 9.21 Å². The molecule has 0 bridgehead atoms. The van der Waals surface area contributed by atoms with Crippen LogP contribution < -0.4 is 4.74 Å². The van der Waals surface area contributed by atoms with Crippen LogP contribution in [0.25, 0.3) is 0 Å². The van der Waals surface area contributed by atoms with Crippen molar-refractivity contribution in [3.8, 4) is 5.75 Å². The Morgan fingerprint density at radius 2 is 1.73 bits per heavy atom. The Bertz CT molecular complexity index is 998. The van der Waals surface area contributed by atoms with Crippen molar-refractivity contribution < 1.29 is 22.7 Å². The van der Waals surface area contributed by atoms with E-state index < -0.39 is 10.0 Å². The second-order valence-electron chi connectivity index (χ2n) is 7.33. The molecule has 1 heterocycles. The van der Waals surface area contributed by atoms with Crippen LogP contribution in [0.1, 0.15) is 21.5 Å². The van der Waals surface area contributed by atoms with E-state index in [1.807, 2.05) is 19.1 Å². The zero-order valence-electron chi connectivity index (χ0n) is 17.6. The van der Waals surface area contributed by atoms with Gasteiger partial charge in [-0.25, -0.2) is 8.42 Å². The second kappa shape index (κ2) is 9.59. The zero-order valence-corrected chi connectivity index (χ0v) is 18.4. The predicted octanol–water partition coefficient (Wildman–Crippen LogP) is 2.48. The normalized spacial score (nSPS) is 15.2. The molecule has 1 saturated heterocycles. The van der Waals surface area contributed by atoms with E-state index in [-0.39, 0.29) is 19.0 Å². The summed E-state index contributed by atoms with van der Waals surface area (Å²) in [6, 6.07) is 12.4. The standard InChI is InChI=1S/C22H28N2O5S/c1-17-7-8-18(2)21(15-17)30(26,27)24-11-9-23(10-12-24)22(25)19-5-4-6-20(16-19)29-14-13-28-3/h4-8,15-16H,9-14H2,1-3H3. The van der Waals surface area contributed by atoms with Crippen LogP contribution in [-0.4, -0.2) is 70.0 Å². The van der Waals surface area contributed by atoms with Crippen LogP contribution in [0.2, 0.25) is 0 Å².